The summed E-state index contributed by atoms with van der Waals surface area (Å²) < 4.78 is 10.7. The van der Waals surface area contributed by atoms with Crippen molar-refractivity contribution in [1.82, 2.24) is 4.90 Å². The number of rotatable bonds is 7. The first kappa shape index (κ1) is 19.8. The Bertz CT molecular complexity index is 720. The summed E-state index contributed by atoms with van der Waals surface area (Å²) in [6.07, 6.45) is 0.759. The first-order valence-electron chi connectivity index (χ1n) is 8.89. The molecule has 1 amide bonds. The standard InChI is InChI=1S/C22H29NO3/c1-22(2,3)21(24)23(16-18-9-7-6-8-10-18)14-13-17-11-12-19(25-4)20(15-17)26-5/h6-12,15H,13-14,16H2,1-5H3. The van der Waals surface area contributed by atoms with Crippen LogP contribution in [0.1, 0.15) is 31.9 Å². The second kappa shape index (κ2) is 8.75. The molecular formula is C22H29NO3. The summed E-state index contributed by atoms with van der Waals surface area (Å²) in [6, 6.07) is 16.0. The van der Waals surface area contributed by atoms with Gasteiger partial charge in [0.25, 0.3) is 0 Å². The fourth-order valence-corrected chi connectivity index (χ4v) is 2.83. The van der Waals surface area contributed by atoms with Crippen molar-refractivity contribution in [3.63, 3.8) is 0 Å². The summed E-state index contributed by atoms with van der Waals surface area (Å²) in [5, 5.41) is 0. The molecule has 0 bridgehead atoms. The summed E-state index contributed by atoms with van der Waals surface area (Å²) in [5.41, 5.74) is 1.84. The topological polar surface area (TPSA) is 38.8 Å². The van der Waals surface area contributed by atoms with Gasteiger partial charge in [-0.1, -0.05) is 57.2 Å². The van der Waals surface area contributed by atoms with Crippen LogP contribution in [0.5, 0.6) is 11.5 Å². The predicted molar refractivity (Wildman–Crippen MR) is 105 cm³/mol. The number of carbonyl (C=O) groups excluding carboxylic acids is 1. The molecule has 0 aliphatic heterocycles. The molecule has 2 aromatic rings. The van der Waals surface area contributed by atoms with Gasteiger partial charge in [0.2, 0.25) is 5.91 Å². The van der Waals surface area contributed by atoms with Crippen LogP contribution in [0, 0.1) is 5.41 Å². The summed E-state index contributed by atoms with van der Waals surface area (Å²) in [6.45, 7) is 7.15. The zero-order valence-electron chi connectivity index (χ0n) is 16.4. The SMILES string of the molecule is COc1ccc(CCN(Cc2ccccc2)C(=O)C(C)(C)C)cc1OC. The van der Waals surface area contributed by atoms with E-state index in [1.54, 1.807) is 14.2 Å². The van der Waals surface area contributed by atoms with Gasteiger partial charge in [0.05, 0.1) is 14.2 Å². The molecule has 2 aromatic carbocycles. The molecule has 2 rings (SSSR count). The molecule has 0 unspecified atom stereocenters. The van der Waals surface area contributed by atoms with Crippen LogP contribution in [0.3, 0.4) is 0 Å². The zero-order chi connectivity index (χ0) is 19.2. The predicted octanol–water partition coefficient (Wildman–Crippen LogP) is 4.32. The molecular weight excluding hydrogens is 326 g/mol. The van der Waals surface area contributed by atoms with E-state index in [0.29, 0.717) is 24.6 Å². The van der Waals surface area contributed by atoms with Crippen LogP contribution in [0.15, 0.2) is 48.5 Å². The van der Waals surface area contributed by atoms with Gasteiger partial charge in [-0.3, -0.25) is 4.79 Å². The van der Waals surface area contributed by atoms with E-state index in [1.165, 1.54) is 0 Å². The van der Waals surface area contributed by atoms with Crippen molar-refractivity contribution < 1.29 is 14.3 Å². The highest BCUT2D eigenvalue weighted by Crippen LogP contribution is 2.28. The second-order valence-electron chi connectivity index (χ2n) is 7.40. The quantitative estimate of drug-likeness (QED) is 0.742. The number of hydrogen-bond acceptors (Lipinski definition) is 3. The van der Waals surface area contributed by atoms with E-state index in [0.717, 1.165) is 17.5 Å². The van der Waals surface area contributed by atoms with Crippen molar-refractivity contribution in [1.29, 1.82) is 0 Å². The van der Waals surface area contributed by atoms with Gasteiger partial charge in [0.15, 0.2) is 11.5 Å². The zero-order valence-corrected chi connectivity index (χ0v) is 16.4. The van der Waals surface area contributed by atoms with Crippen LogP contribution in [-0.4, -0.2) is 31.6 Å². The van der Waals surface area contributed by atoms with Crippen LogP contribution >= 0.6 is 0 Å². The lowest BCUT2D eigenvalue weighted by atomic mass is 9.94. The largest absolute Gasteiger partial charge is 0.493 e. The number of ether oxygens (including phenoxy) is 2. The highest BCUT2D eigenvalue weighted by Gasteiger charge is 2.27. The third-order valence-electron chi connectivity index (χ3n) is 4.26. The Hall–Kier alpha value is -2.49. The van der Waals surface area contributed by atoms with Crippen molar-refractivity contribution in [3.05, 3.63) is 59.7 Å². The molecule has 0 N–H and O–H groups in total. The lowest BCUT2D eigenvalue weighted by Gasteiger charge is -2.30. The molecule has 0 aliphatic carbocycles. The lowest BCUT2D eigenvalue weighted by Crippen LogP contribution is -2.40. The van der Waals surface area contributed by atoms with E-state index in [-0.39, 0.29) is 5.91 Å². The third-order valence-corrected chi connectivity index (χ3v) is 4.26. The minimum Gasteiger partial charge on any atom is -0.493 e. The average Bonchev–Trinajstić information content (AvgIpc) is 2.64. The summed E-state index contributed by atoms with van der Waals surface area (Å²) in [7, 11) is 3.26. The molecule has 4 heteroatoms. The van der Waals surface area contributed by atoms with E-state index < -0.39 is 5.41 Å². The van der Waals surface area contributed by atoms with Crippen molar-refractivity contribution in [2.75, 3.05) is 20.8 Å². The van der Waals surface area contributed by atoms with Gasteiger partial charge in [0, 0.05) is 18.5 Å². The summed E-state index contributed by atoms with van der Waals surface area (Å²) >= 11 is 0. The van der Waals surface area contributed by atoms with Crippen molar-refractivity contribution >= 4 is 5.91 Å². The molecule has 4 nitrogen and oxygen atoms in total. The average molecular weight is 355 g/mol. The number of methoxy groups -OCH3 is 2. The smallest absolute Gasteiger partial charge is 0.228 e. The molecule has 0 heterocycles. The first-order valence-corrected chi connectivity index (χ1v) is 8.89. The molecule has 0 aromatic heterocycles. The molecule has 0 saturated heterocycles. The Kier molecular flexibility index (Phi) is 6.67. The van der Waals surface area contributed by atoms with E-state index in [4.69, 9.17) is 9.47 Å². The van der Waals surface area contributed by atoms with Crippen LogP contribution < -0.4 is 9.47 Å². The molecule has 0 radical (unpaired) electrons. The van der Waals surface area contributed by atoms with E-state index in [2.05, 4.69) is 12.1 Å². The number of nitrogens with zero attached hydrogens (tertiary/aromatic N) is 1. The van der Waals surface area contributed by atoms with Gasteiger partial charge in [-0.25, -0.2) is 0 Å². The normalized spacial score (nSPS) is 11.1. The molecule has 0 aliphatic rings. The molecule has 0 atom stereocenters. The fourth-order valence-electron chi connectivity index (χ4n) is 2.83. The Morgan fingerprint density at radius 3 is 2.15 bits per heavy atom. The maximum atomic E-state index is 12.9. The van der Waals surface area contributed by atoms with Gasteiger partial charge in [-0.05, 0) is 29.7 Å². The summed E-state index contributed by atoms with van der Waals surface area (Å²) in [5.74, 6) is 1.58. The summed E-state index contributed by atoms with van der Waals surface area (Å²) in [4.78, 5) is 14.8. The number of amides is 1. The van der Waals surface area contributed by atoms with E-state index >= 15 is 0 Å². The Labute approximate surface area is 156 Å². The first-order chi connectivity index (χ1) is 12.3. The maximum Gasteiger partial charge on any atom is 0.228 e. The van der Waals surface area contributed by atoms with Crippen LogP contribution in [0.25, 0.3) is 0 Å². The molecule has 140 valence electrons. The maximum absolute atomic E-state index is 12.9. The van der Waals surface area contributed by atoms with E-state index in [9.17, 15) is 4.79 Å². The number of carbonyl (C=O) groups is 1. The molecule has 0 saturated carbocycles. The van der Waals surface area contributed by atoms with Crippen LogP contribution in [0.2, 0.25) is 0 Å². The van der Waals surface area contributed by atoms with Crippen LogP contribution in [0.4, 0.5) is 0 Å². The van der Waals surface area contributed by atoms with Gasteiger partial charge in [-0.15, -0.1) is 0 Å². The second-order valence-corrected chi connectivity index (χ2v) is 7.40. The lowest BCUT2D eigenvalue weighted by molar-refractivity contribution is -0.140. The molecule has 26 heavy (non-hydrogen) atoms. The van der Waals surface area contributed by atoms with E-state index in [1.807, 2.05) is 62.1 Å². The highest BCUT2D eigenvalue weighted by atomic mass is 16.5. The number of hydrogen-bond donors (Lipinski definition) is 0. The molecule has 0 spiro atoms. The van der Waals surface area contributed by atoms with Gasteiger partial charge < -0.3 is 14.4 Å². The number of benzene rings is 2. The minimum atomic E-state index is -0.410. The Morgan fingerprint density at radius 2 is 1.58 bits per heavy atom. The molecule has 0 fully saturated rings. The fraction of sp³-hybridized carbons (Fsp3) is 0.409. The minimum absolute atomic E-state index is 0.154. The van der Waals surface area contributed by atoms with Crippen molar-refractivity contribution in [3.8, 4) is 11.5 Å². The van der Waals surface area contributed by atoms with Crippen molar-refractivity contribution in [2.24, 2.45) is 5.41 Å². The Morgan fingerprint density at radius 1 is 0.923 bits per heavy atom. The third kappa shape index (κ3) is 5.25. The van der Waals surface area contributed by atoms with Crippen molar-refractivity contribution in [2.45, 2.75) is 33.7 Å². The van der Waals surface area contributed by atoms with Gasteiger partial charge in [0.1, 0.15) is 0 Å². The van der Waals surface area contributed by atoms with Gasteiger partial charge >= 0.3 is 0 Å². The van der Waals surface area contributed by atoms with Crippen LogP contribution in [-0.2, 0) is 17.8 Å². The van der Waals surface area contributed by atoms with Gasteiger partial charge in [-0.2, -0.15) is 0 Å². The monoisotopic (exact) mass is 355 g/mol. The highest BCUT2D eigenvalue weighted by molar-refractivity contribution is 5.81. The Balaban J connectivity index is 2.15.